The fraction of sp³-hybridized carbons (Fsp3) is 0.667. The molecule has 0 atom stereocenters. The molecular weight excluding hydrogens is 145 g/mol. The number of allylic oxidation sites excluding steroid dienone is 1. The fourth-order valence-electron chi connectivity index (χ4n) is 0.941. The zero-order valence-electron chi connectivity index (χ0n) is 5.07. The zero-order valence-corrected chi connectivity index (χ0v) is 7.17. The molecule has 0 radical (unpaired) electrons. The molecule has 0 aliphatic carbocycles. The monoisotopic (exact) mass is 158 g/mol. The van der Waals surface area contributed by atoms with Crippen molar-refractivity contribution in [2.24, 2.45) is 0 Å². The molecule has 0 aromatic heterocycles. The Morgan fingerprint density at radius 1 is 1.43 bits per heavy atom. The predicted octanol–water partition coefficient (Wildman–Crippen LogP) is 2.19. The second-order valence-electron chi connectivity index (χ2n) is 2.93. The molecule has 1 aliphatic heterocycles. The third kappa shape index (κ3) is 1.34. The molecule has 0 aromatic rings. The molecule has 40 valence electrons. The third-order valence-corrected chi connectivity index (χ3v) is 7.22. The number of hydrogen-bond acceptors (Lipinski definition) is 0. The van der Waals surface area contributed by atoms with Crippen molar-refractivity contribution in [1.82, 2.24) is 0 Å². The van der Waals surface area contributed by atoms with Crippen molar-refractivity contribution >= 4 is 13.3 Å². The maximum atomic E-state index is 2.49. The van der Waals surface area contributed by atoms with Crippen molar-refractivity contribution in [3.05, 3.63) is 11.0 Å². The first-order chi connectivity index (χ1) is 3.21. The van der Waals surface area contributed by atoms with E-state index in [0.717, 1.165) is 0 Å². The second kappa shape index (κ2) is 1.66. The van der Waals surface area contributed by atoms with Crippen LogP contribution in [0.1, 0.15) is 6.42 Å². The SMILES string of the molecule is [CH3][Ge]1([CH3])[CH]=CC[CH2]1. The van der Waals surface area contributed by atoms with Gasteiger partial charge in [0.2, 0.25) is 0 Å². The summed E-state index contributed by atoms with van der Waals surface area (Å²) in [7, 11) is 0. The number of rotatable bonds is 0. The van der Waals surface area contributed by atoms with Gasteiger partial charge >= 0.3 is 47.4 Å². The van der Waals surface area contributed by atoms with Crippen LogP contribution in [0.15, 0.2) is 11.0 Å². The van der Waals surface area contributed by atoms with Gasteiger partial charge in [-0.2, -0.15) is 0 Å². The van der Waals surface area contributed by atoms with E-state index in [0.29, 0.717) is 0 Å². The van der Waals surface area contributed by atoms with E-state index in [1.54, 1.807) is 0 Å². The fourth-order valence-corrected chi connectivity index (χ4v) is 4.89. The molecule has 0 amide bonds. The van der Waals surface area contributed by atoms with Crippen LogP contribution < -0.4 is 0 Å². The van der Waals surface area contributed by atoms with Gasteiger partial charge in [0.25, 0.3) is 0 Å². The Bertz CT molecular complexity index is 92.4. The predicted molar refractivity (Wildman–Crippen MR) is 36.0 cm³/mol. The average molecular weight is 157 g/mol. The second-order valence-corrected chi connectivity index (χ2v) is 13.0. The van der Waals surface area contributed by atoms with Crippen LogP contribution in [0.4, 0.5) is 0 Å². The standard InChI is InChI=1S/C6H12Ge/c1-7(2)5-3-4-6-7/h3,5H,4,6H2,1-2H3. The van der Waals surface area contributed by atoms with E-state index in [2.05, 4.69) is 22.5 Å². The molecule has 1 rings (SSSR count). The van der Waals surface area contributed by atoms with Gasteiger partial charge in [-0.05, 0) is 0 Å². The van der Waals surface area contributed by atoms with E-state index < -0.39 is 13.3 Å². The van der Waals surface area contributed by atoms with Crippen molar-refractivity contribution in [3.63, 3.8) is 0 Å². The van der Waals surface area contributed by atoms with Crippen molar-refractivity contribution in [1.29, 1.82) is 0 Å². The Balaban J connectivity index is 2.57. The molecule has 1 heteroatoms. The van der Waals surface area contributed by atoms with Crippen LogP contribution in [0.25, 0.3) is 0 Å². The Morgan fingerprint density at radius 2 is 2.14 bits per heavy atom. The van der Waals surface area contributed by atoms with Crippen LogP contribution in [-0.4, -0.2) is 13.3 Å². The Morgan fingerprint density at radius 3 is 2.29 bits per heavy atom. The first-order valence-corrected chi connectivity index (χ1v) is 9.77. The molecule has 0 nitrogen and oxygen atoms in total. The molecule has 0 unspecified atom stereocenters. The quantitative estimate of drug-likeness (QED) is 0.472. The van der Waals surface area contributed by atoms with Crippen LogP contribution in [-0.2, 0) is 0 Å². The zero-order chi connectivity index (χ0) is 5.33. The van der Waals surface area contributed by atoms with Gasteiger partial charge in [-0.1, -0.05) is 0 Å². The molecule has 0 bridgehead atoms. The summed E-state index contributed by atoms with van der Waals surface area (Å²) in [5, 5.41) is 1.53. The molecule has 0 saturated carbocycles. The van der Waals surface area contributed by atoms with Crippen LogP contribution in [0.2, 0.25) is 16.8 Å². The van der Waals surface area contributed by atoms with Crippen molar-refractivity contribution < 1.29 is 0 Å². The summed E-state index contributed by atoms with van der Waals surface area (Å²) in [4.78, 5) is 2.49. The summed E-state index contributed by atoms with van der Waals surface area (Å²) in [6.07, 6.45) is 3.72. The van der Waals surface area contributed by atoms with Crippen LogP contribution in [0, 0.1) is 0 Å². The summed E-state index contributed by atoms with van der Waals surface area (Å²) in [6.45, 7) is 0. The first-order valence-electron chi connectivity index (χ1n) is 2.88. The molecule has 1 aliphatic rings. The van der Waals surface area contributed by atoms with Crippen molar-refractivity contribution in [2.45, 2.75) is 23.2 Å². The van der Waals surface area contributed by atoms with Gasteiger partial charge in [0.05, 0.1) is 0 Å². The molecular formula is C6H12Ge. The molecule has 0 N–H and O–H groups in total. The Labute approximate surface area is 48.0 Å². The van der Waals surface area contributed by atoms with E-state index in [-0.39, 0.29) is 0 Å². The van der Waals surface area contributed by atoms with E-state index in [1.165, 1.54) is 11.7 Å². The molecule has 0 saturated heterocycles. The van der Waals surface area contributed by atoms with Gasteiger partial charge in [0, 0.05) is 0 Å². The van der Waals surface area contributed by atoms with Gasteiger partial charge in [-0.3, -0.25) is 0 Å². The van der Waals surface area contributed by atoms with Gasteiger partial charge < -0.3 is 0 Å². The minimum atomic E-state index is -1.15. The van der Waals surface area contributed by atoms with Crippen LogP contribution >= 0.6 is 0 Å². The van der Waals surface area contributed by atoms with E-state index in [1.807, 2.05) is 0 Å². The molecule has 0 fully saturated rings. The topological polar surface area (TPSA) is 0 Å². The molecule has 1 heterocycles. The van der Waals surface area contributed by atoms with Gasteiger partial charge in [0.1, 0.15) is 0 Å². The summed E-state index contributed by atoms with van der Waals surface area (Å²) in [5.74, 6) is 4.92. The summed E-state index contributed by atoms with van der Waals surface area (Å²) >= 11 is -1.15. The Kier molecular flexibility index (Phi) is 1.28. The first kappa shape index (κ1) is 5.42. The maximum absolute atomic E-state index is 2.49. The molecule has 7 heavy (non-hydrogen) atoms. The van der Waals surface area contributed by atoms with Gasteiger partial charge in [-0.25, -0.2) is 0 Å². The summed E-state index contributed by atoms with van der Waals surface area (Å²) in [6, 6.07) is 0. The van der Waals surface area contributed by atoms with Crippen molar-refractivity contribution in [3.8, 4) is 0 Å². The summed E-state index contributed by atoms with van der Waals surface area (Å²) in [5.41, 5.74) is 0. The van der Waals surface area contributed by atoms with Crippen molar-refractivity contribution in [2.75, 3.05) is 0 Å². The van der Waals surface area contributed by atoms with E-state index in [4.69, 9.17) is 0 Å². The van der Waals surface area contributed by atoms with Gasteiger partial charge in [0.15, 0.2) is 0 Å². The Hall–Kier alpha value is 0.283. The van der Waals surface area contributed by atoms with Crippen LogP contribution in [0.5, 0.6) is 0 Å². The number of hydrogen-bond donors (Lipinski definition) is 0. The average Bonchev–Trinajstić information content (AvgIpc) is 1.84. The van der Waals surface area contributed by atoms with E-state index >= 15 is 0 Å². The van der Waals surface area contributed by atoms with E-state index in [9.17, 15) is 0 Å². The molecule has 0 spiro atoms. The third-order valence-electron chi connectivity index (χ3n) is 1.52. The van der Waals surface area contributed by atoms with Gasteiger partial charge in [-0.15, -0.1) is 0 Å². The normalized spacial score (nSPS) is 26.0. The minimum absolute atomic E-state index is 1.15. The summed E-state index contributed by atoms with van der Waals surface area (Å²) < 4.78 is 0. The molecule has 0 aromatic carbocycles. The van der Waals surface area contributed by atoms with Crippen LogP contribution in [0.3, 0.4) is 0 Å².